The summed E-state index contributed by atoms with van der Waals surface area (Å²) in [5, 5.41) is 3.52. The van der Waals surface area contributed by atoms with Crippen molar-refractivity contribution in [1.29, 1.82) is 0 Å². The lowest BCUT2D eigenvalue weighted by Gasteiger charge is -2.14. The first-order chi connectivity index (χ1) is 16.7. The Morgan fingerprint density at radius 3 is 2.63 bits per heavy atom. The van der Waals surface area contributed by atoms with Gasteiger partial charge in [0, 0.05) is 22.9 Å². The van der Waals surface area contributed by atoms with Crippen molar-refractivity contribution < 1.29 is 22.0 Å². The van der Waals surface area contributed by atoms with Gasteiger partial charge in [-0.15, -0.1) is 0 Å². The van der Waals surface area contributed by atoms with E-state index in [0.29, 0.717) is 35.3 Å². The number of nitrogens with zero attached hydrogens (tertiary/aromatic N) is 3. The standard InChI is InChI=1S/C25H22F2N4O3S/c1-15(29-34-2)16-3-8-25-24(11-16)28-14-31(25)20-10-17(22-7-4-18(26)12-23(22)27)9-19(13-20)30-35(32,33)21-5-6-21/h3-4,7-14,21,30H,5-6H2,1-2H3/b29-15+. The molecule has 180 valence electrons. The minimum Gasteiger partial charge on any atom is -0.399 e. The number of rotatable bonds is 7. The first-order valence-electron chi connectivity index (χ1n) is 10.9. The van der Waals surface area contributed by atoms with Gasteiger partial charge in [0.2, 0.25) is 10.0 Å². The SMILES string of the molecule is CO/N=C(\C)c1ccc2c(c1)ncn2-c1cc(NS(=O)(=O)C2CC2)cc(-c2ccc(F)cc2F)c1. The predicted octanol–water partition coefficient (Wildman–Crippen LogP) is 5.25. The van der Waals surface area contributed by atoms with E-state index >= 15 is 0 Å². The third kappa shape index (κ3) is 4.61. The molecule has 1 saturated carbocycles. The number of hydrogen-bond donors (Lipinski definition) is 1. The van der Waals surface area contributed by atoms with Crippen molar-refractivity contribution in [2.75, 3.05) is 11.8 Å². The van der Waals surface area contributed by atoms with Gasteiger partial charge in [0.1, 0.15) is 25.1 Å². The number of aromatic nitrogens is 2. The molecule has 1 heterocycles. The fourth-order valence-electron chi connectivity index (χ4n) is 3.95. The number of benzene rings is 3. The fourth-order valence-corrected chi connectivity index (χ4v) is 5.32. The first-order valence-corrected chi connectivity index (χ1v) is 12.5. The highest BCUT2D eigenvalue weighted by Crippen LogP contribution is 2.34. The molecule has 0 unspecified atom stereocenters. The summed E-state index contributed by atoms with van der Waals surface area (Å²) < 4.78 is 57.8. The van der Waals surface area contributed by atoms with E-state index in [4.69, 9.17) is 4.84 Å². The van der Waals surface area contributed by atoms with Crippen molar-refractivity contribution in [3.8, 4) is 16.8 Å². The predicted molar refractivity (Wildman–Crippen MR) is 131 cm³/mol. The van der Waals surface area contributed by atoms with E-state index in [1.807, 2.05) is 25.1 Å². The number of halogens is 2. The average Bonchev–Trinajstić information content (AvgIpc) is 3.59. The average molecular weight is 497 g/mol. The molecule has 35 heavy (non-hydrogen) atoms. The van der Waals surface area contributed by atoms with Gasteiger partial charge in [0.25, 0.3) is 0 Å². The summed E-state index contributed by atoms with van der Waals surface area (Å²) in [7, 11) is -2.08. The molecule has 1 N–H and O–H groups in total. The lowest BCUT2D eigenvalue weighted by molar-refractivity contribution is 0.213. The largest absolute Gasteiger partial charge is 0.399 e. The van der Waals surface area contributed by atoms with Crippen LogP contribution in [0.1, 0.15) is 25.3 Å². The van der Waals surface area contributed by atoms with Crippen molar-refractivity contribution >= 4 is 32.5 Å². The molecule has 0 bridgehead atoms. The van der Waals surface area contributed by atoms with E-state index in [1.165, 1.54) is 13.2 Å². The molecule has 0 atom stereocenters. The molecule has 5 rings (SSSR count). The molecule has 0 amide bonds. The molecule has 3 aromatic carbocycles. The summed E-state index contributed by atoms with van der Waals surface area (Å²) >= 11 is 0. The van der Waals surface area contributed by atoms with Crippen LogP contribution in [0, 0.1) is 11.6 Å². The minimum atomic E-state index is -3.56. The molecule has 1 aromatic heterocycles. The molecule has 0 radical (unpaired) electrons. The van der Waals surface area contributed by atoms with Gasteiger partial charge in [0.05, 0.1) is 27.7 Å². The summed E-state index contributed by atoms with van der Waals surface area (Å²) in [5.41, 5.74) is 4.37. The Balaban J connectivity index is 1.64. The van der Waals surface area contributed by atoms with Crippen molar-refractivity contribution in [2.24, 2.45) is 5.16 Å². The Labute approximate surface area is 201 Å². The first kappa shape index (κ1) is 23.0. The van der Waals surface area contributed by atoms with Crippen molar-refractivity contribution in [3.63, 3.8) is 0 Å². The number of fused-ring (bicyclic) bond motifs is 1. The van der Waals surface area contributed by atoms with Gasteiger partial charge in [0.15, 0.2) is 0 Å². The van der Waals surface area contributed by atoms with Crippen LogP contribution in [0.5, 0.6) is 0 Å². The minimum absolute atomic E-state index is 0.151. The Kier molecular flexibility index (Phi) is 5.76. The van der Waals surface area contributed by atoms with E-state index in [9.17, 15) is 17.2 Å². The van der Waals surface area contributed by atoms with Gasteiger partial charge >= 0.3 is 0 Å². The Hall–Kier alpha value is -3.79. The second-order valence-corrected chi connectivity index (χ2v) is 10.4. The number of hydrogen-bond acceptors (Lipinski definition) is 5. The maximum absolute atomic E-state index is 14.6. The van der Waals surface area contributed by atoms with Crippen molar-refractivity contribution in [3.05, 3.63) is 78.1 Å². The van der Waals surface area contributed by atoms with Gasteiger partial charge < -0.3 is 4.84 Å². The van der Waals surface area contributed by atoms with Gasteiger partial charge in [-0.1, -0.05) is 11.2 Å². The van der Waals surface area contributed by atoms with Crippen LogP contribution in [0.2, 0.25) is 0 Å². The number of imidazole rings is 1. The summed E-state index contributed by atoms with van der Waals surface area (Å²) in [6, 6.07) is 13.8. The highest BCUT2D eigenvalue weighted by atomic mass is 32.2. The third-order valence-electron chi connectivity index (χ3n) is 5.85. The molecular formula is C25H22F2N4O3S. The lowest BCUT2D eigenvalue weighted by atomic mass is 10.0. The number of nitrogens with one attached hydrogen (secondary N) is 1. The molecule has 10 heteroatoms. The number of oxime groups is 1. The zero-order valence-electron chi connectivity index (χ0n) is 19.0. The maximum atomic E-state index is 14.6. The van der Waals surface area contributed by atoms with E-state index in [-0.39, 0.29) is 11.3 Å². The molecule has 0 aliphatic heterocycles. The Bertz CT molecular complexity index is 1580. The van der Waals surface area contributed by atoms with E-state index in [0.717, 1.165) is 23.2 Å². The van der Waals surface area contributed by atoms with Crippen LogP contribution in [0.3, 0.4) is 0 Å². The quantitative estimate of drug-likeness (QED) is 0.280. The number of sulfonamides is 1. The second kappa shape index (κ2) is 8.77. The summed E-state index contributed by atoms with van der Waals surface area (Å²) in [5.74, 6) is -1.44. The van der Waals surface area contributed by atoms with Crippen LogP contribution < -0.4 is 4.72 Å². The molecule has 7 nitrogen and oxygen atoms in total. The van der Waals surface area contributed by atoms with Gasteiger partial charge in [-0.25, -0.2) is 22.2 Å². The van der Waals surface area contributed by atoms with E-state index < -0.39 is 26.9 Å². The van der Waals surface area contributed by atoms with Crippen LogP contribution in [-0.4, -0.2) is 36.0 Å². The van der Waals surface area contributed by atoms with Gasteiger partial charge in [-0.2, -0.15) is 0 Å². The summed E-state index contributed by atoms with van der Waals surface area (Å²) in [4.78, 5) is 9.32. The Morgan fingerprint density at radius 1 is 1.11 bits per heavy atom. The highest BCUT2D eigenvalue weighted by Gasteiger charge is 2.35. The smallest absolute Gasteiger partial charge is 0.235 e. The number of anilines is 1. The lowest BCUT2D eigenvalue weighted by Crippen LogP contribution is -2.17. The molecule has 0 saturated heterocycles. The third-order valence-corrected chi connectivity index (χ3v) is 7.72. The second-order valence-electron chi connectivity index (χ2n) is 8.42. The van der Waals surface area contributed by atoms with Crippen LogP contribution in [0.4, 0.5) is 14.5 Å². The topological polar surface area (TPSA) is 85.6 Å². The zero-order valence-corrected chi connectivity index (χ0v) is 19.8. The molecule has 1 fully saturated rings. The maximum Gasteiger partial charge on any atom is 0.235 e. The highest BCUT2D eigenvalue weighted by molar-refractivity contribution is 7.93. The fraction of sp³-hybridized carbons (Fsp3) is 0.200. The summed E-state index contributed by atoms with van der Waals surface area (Å²) in [6.45, 7) is 1.82. The van der Waals surface area contributed by atoms with Crippen LogP contribution >= 0.6 is 0 Å². The van der Waals surface area contributed by atoms with E-state index in [1.54, 1.807) is 29.1 Å². The normalized spacial score (nSPS) is 14.3. The van der Waals surface area contributed by atoms with Crippen LogP contribution in [0.15, 0.2) is 66.1 Å². The molecule has 4 aromatic rings. The van der Waals surface area contributed by atoms with Gasteiger partial charge in [-0.3, -0.25) is 9.29 Å². The van der Waals surface area contributed by atoms with Gasteiger partial charge in [-0.05, 0) is 67.8 Å². The summed E-state index contributed by atoms with van der Waals surface area (Å²) in [6.07, 6.45) is 2.82. The van der Waals surface area contributed by atoms with Crippen LogP contribution in [-0.2, 0) is 14.9 Å². The van der Waals surface area contributed by atoms with E-state index in [2.05, 4.69) is 14.9 Å². The molecule has 1 aliphatic carbocycles. The molecule has 0 spiro atoms. The van der Waals surface area contributed by atoms with Crippen molar-refractivity contribution in [2.45, 2.75) is 25.0 Å². The molecular weight excluding hydrogens is 474 g/mol. The molecule has 1 aliphatic rings. The van der Waals surface area contributed by atoms with Crippen molar-refractivity contribution in [1.82, 2.24) is 9.55 Å². The van der Waals surface area contributed by atoms with Crippen LogP contribution in [0.25, 0.3) is 27.8 Å². The zero-order chi connectivity index (χ0) is 24.7. The Morgan fingerprint density at radius 2 is 1.91 bits per heavy atom. The monoisotopic (exact) mass is 496 g/mol.